The van der Waals surface area contributed by atoms with Crippen LogP contribution >= 0.6 is 0 Å². The second-order valence-corrected chi connectivity index (χ2v) is 5.59. The Morgan fingerprint density at radius 2 is 1.79 bits per heavy atom. The van der Waals surface area contributed by atoms with Crippen LogP contribution in [0.1, 0.15) is 39.0 Å². The van der Waals surface area contributed by atoms with E-state index in [0.717, 1.165) is 10.6 Å². The molecule has 0 aromatic carbocycles. The van der Waals surface area contributed by atoms with Crippen LogP contribution in [-0.4, -0.2) is 46.8 Å². The number of rotatable bonds is 6. The number of hydrogen-bond donors (Lipinski definition) is 0. The molecule has 0 N–H and O–H groups in total. The van der Waals surface area contributed by atoms with Crippen LogP contribution in [-0.2, 0) is 33.6 Å². The van der Waals surface area contributed by atoms with Gasteiger partial charge in [0.25, 0.3) is 17.7 Å². The van der Waals surface area contributed by atoms with E-state index in [4.69, 9.17) is 4.84 Å². The topological polar surface area (TPSA) is 110 Å². The Balaban J connectivity index is 1.64. The van der Waals surface area contributed by atoms with Crippen molar-refractivity contribution in [3.63, 3.8) is 0 Å². The number of carbonyl (C=O) groups excluding carboxylic acids is 5. The van der Waals surface area contributed by atoms with Crippen molar-refractivity contribution in [3.05, 3.63) is 11.6 Å². The molecule has 0 aromatic heterocycles. The molecule has 1 heterocycles. The fourth-order valence-electron chi connectivity index (χ4n) is 2.06. The number of carbonyl (C=O) groups is 5. The van der Waals surface area contributed by atoms with E-state index in [2.05, 4.69) is 4.84 Å². The van der Waals surface area contributed by atoms with Crippen molar-refractivity contribution in [1.29, 1.82) is 0 Å². The van der Waals surface area contributed by atoms with Crippen molar-refractivity contribution in [1.82, 2.24) is 10.1 Å². The van der Waals surface area contributed by atoms with E-state index in [1.54, 1.807) is 13.0 Å². The van der Waals surface area contributed by atoms with Gasteiger partial charge < -0.3 is 9.68 Å². The van der Waals surface area contributed by atoms with Crippen molar-refractivity contribution in [2.45, 2.75) is 39.0 Å². The number of imide groups is 1. The van der Waals surface area contributed by atoms with Crippen LogP contribution in [0, 0.1) is 5.92 Å². The fraction of sp³-hybridized carbons (Fsp3) is 0.533. The van der Waals surface area contributed by atoms with Gasteiger partial charge in [-0.1, -0.05) is 11.6 Å². The maximum atomic E-state index is 11.8. The van der Waals surface area contributed by atoms with Gasteiger partial charge in [0.2, 0.25) is 0 Å². The van der Waals surface area contributed by atoms with Crippen LogP contribution in [0.5, 0.6) is 0 Å². The first kappa shape index (κ1) is 17.6. The molecule has 2 aliphatic rings. The summed E-state index contributed by atoms with van der Waals surface area (Å²) < 4.78 is 0. The molecule has 0 saturated carbocycles. The quantitative estimate of drug-likeness (QED) is 0.388. The molecule has 1 aliphatic heterocycles. The third kappa shape index (κ3) is 4.40. The van der Waals surface area contributed by atoms with Gasteiger partial charge in [-0.2, -0.15) is 5.06 Å². The minimum Gasteiger partial charge on any atom is -0.337 e. The fourth-order valence-corrected chi connectivity index (χ4v) is 2.06. The minimum atomic E-state index is -0.774. The number of hydrogen-bond acceptors (Lipinski definition) is 7. The average Bonchev–Trinajstić information content (AvgIpc) is 3.18. The number of nitrogens with zero attached hydrogens (tertiary/aromatic N) is 2. The first-order chi connectivity index (χ1) is 11.3. The van der Waals surface area contributed by atoms with Gasteiger partial charge in [0.15, 0.2) is 0 Å². The molecule has 24 heavy (non-hydrogen) atoms. The molecule has 1 saturated heterocycles. The average molecular weight is 338 g/mol. The van der Waals surface area contributed by atoms with Crippen LogP contribution in [0.4, 0.5) is 0 Å². The van der Waals surface area contributed by atoms with E-state index in [0.29, 0.717) is 5.06 Å². The van der Waals surface area contributed by atoms with Gasteiger partial charge in [-0.25, -0.2) is 9.59 Å². The van der Waals surface area contributed by atoms with Gasteiger partial charge in [0.1, 0.15) is 0 Å². The summed E-state index contributed by atoms with van der Waals surface area (Å²) in [5.74, 6) is -3.23. The Morgan fingerprint density at radius 1 is 1.21 bits per heavy atom. The highest BCUT2D eigenvalue weighted by Gasteiger charge is 2.33. The maximum absolute atomic E-state index is 11.8. The Kier molecular flexibility index (Phi) is 5.32. The summed E-state index contributed by atoms with van der Waals surface area (Å²) in [4.78, 5) is 67.1. The van der Waals surface area contributed by atoms with E-state index in [1.807, 2.05) is 0 Å². The van der Waals surface area contributed by atoms with Crippen LogP contribution in [0.25, 0.3) is 0 Å². The lowest BCUT2D eigenvalue weighted by Crippen LogP contribution is -2.32. The minimum absolute atomic E-state index is 0.0239. The molecule has 2 rings (SSSR count). The number of hydroxylamine groups is 4. The third-order valence-electron chi connectivity index (χ3n) is 3.61. The summed E-state index contributed by atoms with van der Waals surface area (Å²) >= 11 is 0. The Hall–Kier alpha value is -2.71. The van der Waals surface area contributed by atoms with E-state index >= 15 is 0 Å². The van der Waals surface area contributed by atoms with Crippen molar-refractivity contribution >= 4 is 29.7 Å². The Morgan fingerprint density at radius 3 is 2.33 bits per heavy atom. The maximum Gasteiger partial charge on any atom is 0.343 e. The molecule has 1 atom stereocenters. The molecule has 0 spiro atoms. The second-order valence-electron chi connectivity index (χ2n) is 5.59. The van der Waals surface area contributed by atoms with Crippen LogP contribution in [0.3, 0.4) is 0 Å². The zero-order chi connectivity index (χ0) is 17.9. The Bertz CT molecular complexity index is 609. The summed E-state index contributed by atoms with van der Waals surface area (Å²) in [6.45, 7) is 1.79. The van der Waals surface area contributed by atoms with Crippen molar-refractivity contribution in [2.75, 3.05) is 7.05 Å². The van der Waals surface area contributed by atoms with Gasteiger partial charge >= 0.3 is 11.9 Å². The van der Waals surface area contributed by atoms with Gasteiger partial charge in [0, 0.05) is 32.7 Å². The van der Waals surface area contributed by atoms with Gasteiger partial charge in [-0.15, -0.1) is 5.06 Å². The normalized spacial score (nSPS) is 19.0. The molecular formula is C15H18N2O7. The smallest absolute Gasteiger partial charge is 0.337 e. The van der Waals surface area contributed by atoms with Crippen LogP contribution < -0.4 is 0 Å². The molecule has 0 aromatic rings. The second kappa shape index (κ2) is 7.24. The lowest BCUT2D eigenvalue weighted by atomic mass is 10.2. The third-order valence-corrected chi connectivity index (χ3v) is 3.61. The first-order valence-corrected chi connectivity index (χ1v) is 7.53. The zero-order valence-electron chi connectivity index (χ0n) is 13.4. The molecule has 9 heteroatoms. The lowest BCUT2D eigenvalue weighted by molar-refractivity contribution is -0.198. The van der Waals surface area contributed by atoms with Crippen molar-refractivity contribution in [3.8, 4) is 0 Å². The van der Waals surface area contributed by atoms with Gasteiger partial charge in [-0.05, 0) is 13.3 Å². The monoisotopic (exact) mass is 338 g/mol. The van der Waals surface area contributed by atoms with Gasteiger partial charge in [0.05, 0.1) is 5.92 Å². The van der Waals surface area contributed by atoms with Gasteiger partial charge in [-0.3, -0.25) is 14.4 Å². The highest BCUT2D eigenvalue weighted by atomic mass is 16.7. The predicted octanol–water partition coefficient (Wildman–Crippen LogP) is 0.257. The summed E-state index contributed by atoms with van der Waals surface area (Å²) in [6, 6.07) is 0. The van der Waals surface area contributed by atoms with E-state index in [1.165, 1.54) is 7.05 Å². The lowest BCUT2D eigenvalue weighted by Gasteiger charge is -2.16. The standard InChI is InChI=1S/C15H18N2O7/c1-9-8-10(9)15(22)24-16(2)11(18)4-3-5-14(21)23-17-12(19)6-7-13(17)20/h8,10H,3-7H2,1-2H3. The predicted molar refractivity (Wildman–Crippen MR) is 77.1 cm³/mol. The van der Waals surface area contributed by atoms with Crippen molar-refractivity contribution < 1.29 is 33.6 Å². The summed E-state index contributed by atoms with van der Waals surface area (Å²) in [5.41, 5.74) is 0.898. The molecule has 9 nitrogen and oxygen atoms in total. The highest BCUT2D eigenvalue weighted by molar-refractivity contribution is 6.01. The molecule has 1 aliphatic carbocycles. The zero-order valence-corrected chi connectivity index (χ0v) is 13.4. The van der Waals surface area contributed by atoms with Crippen LogP contribution in [0.2, 0.25) is 0 Å². The van der Waals surface area contributed by atoms with Crippen molar-refractivity contribution in [2.24, 2.45) is 5.92 Å². The molecule has 0 radical (unpaired) electrons. The van der Waals surface area contributed by atoms with E-state index in [-0.39, 0.29) is 38.0 Å². The summed E-state index contributed by atoms with van der Waals surface area (Å²) in [5, 5.41) is 1.30. The summed E-state index contributed by atoms with van der Waals surface area (Å²) in [7, 11) is 1.32. The molecule has 0 bridgehead atoms. The first-order valence-electron chi connectivity index (χ1n) is 7.53. The van der Waals surface area contributed by atoms with E-state index in [9.17, 15) is 24.0 Å². The Labute approximate surface area is 138 Å². The highest BCUT2D eigenvalue weighted by Crippen LogP contribution is 2.29. The van der Waals surface area contributed by atoms with E-state index < -0.39 is 29.7 Å². The SMILES string of the molecule is CC1=CC1C(=O)ON(C)C(=O)CCCC(=O)ON1C(=O)CCC1=O. The molecule has 1 unspecified atom stereocenters. The molecule has 130 valence electrons. The van der Waals surface area contributed by atoms with Crippen LogP contribution in [0.15, 0.2) is 11.6 Å². The number of amides is 3. The largest absolute Gasteiger partial charge is 0.343 e. The summed E-state index contributed by atoms with van der Waals surface area (Å²) in [6.07, 6.45) is 1.71. The molecule has 3 amide bonds. The molecule has 1 fully saturated rings. The molecular weight excluding hydrogens is 320 g/mol.